The van der Waals surface area contributed by atoms with Crippen molar-refractivity contribution < 1.29 is 17.2 Å². The molecular formula is C17H15BrN3O4S2-. The van der Waals surface area contributed by atoms with Crippen LogP contribution in [0.2, 0.25) is 0 Å². The molecule has 0 aliphatic rings. The molecule has 0 saturated heterocycles. The van der Waals surface area contributed by atoms with Crippen LogP contribution < -0.4 is 9.62 Å². The van der Waals surface area contributed by atoms with Crippen molar-refractivity contribution in [2.24, 2.45) is 0 Å². The molecular weight excluding hydrogens is 454 g/mol. The molecule has 0 aliphatic heterocycles. The van der Waals surface area contributed by atoms with Crippen molar-refractivity contribution in [1.82, 2.24) is 4.98 Å². The van der Waals surface area contributed by atoms with Crippen molar-refractivity contribution in [2.75, 3.05) is 22.5 Å². The predicted molar refractivity (Wildman–Crippen MR) is 109 cm³/mol. The molecule has 7 nitrogen and oxygen atoms in total. The zero-order valence-corrected chi connectivity index (χ0v) is 17.3. The third-order valence-electron chi connectivity index (χ3n) is 3.85. The van der Waals surface area contributed by atoms with E-state index in [0.717, 1.165) is 19.9 Å². The molecule has 1 aromatic heterocycles. The normalized spacial score (nSPS) is 12.7. The fourth-order valence-electron chi connectivity index (χ4n) is 2.50. The highest BCUT2D eigenvalue weighted by Gasteiger charge is 2.26. The maximum atomic E-state index is 13.0. The maximum absolute atomic E-state index is 13.0. The fraction of sp³-hybridized carbons (Fsp3) is 0.118. The number of fused-ring (bicyclic) bond motifs is 1. The van der Waals surface area contributed by atoms with E-state index >= 15 is 0 Å². The number of pyridine rings is 1. The molecule has 1 heterocycles. The number of nitrogens with zero attached hydrogens (tertiary/aromatic N) is 2. The van der Waals surface area contributed by atoms with E-state index in [1.807, 2.05) is 6.07 Å². The summed E-state index contributed by atoms with van der Waals surface area (Å²) in [5.41, 5.74) is 1.29. The predicted octanol–water partition coefficient (Wildman–Crippen LogP) is 3.07. The lowest BCUT2D eigenvalue weighted by Crippen LogP contribution is -2.34. The number of hydrogen-bond donors (Lipinski definition) is 1. The summed E-state index contributed by atoms with van der Waals surface area (Å²) in [6.07, 6.45) is 0. The minimum absolute atomic E-state index is 0.0235. The molecule has 0 radical (unpaired) electrons. The van der Waals surface area contributed by atoms with Crippen molar-refractivity contribution >= 4 is 59.4 Å². The van der Waals surface area contributed by atoms with Gasteiger partial charge in [-0.2, -0.15) is 0 Å². The van der Waals surface area contributed by atoms with Crippen LogP contribution in [-0.2, 0) is 21.1 Å². The largest absolute Gasteiger partial charge is 0.771 e. The highest BCUT2D eigenvalue weighted by atomic mass is 79.9. The molecule has 1 unspecified atom stereocenters. The van der Waals surface area contributed by atoms with Crippen LogP contribution in [0, 0.1) is 0 Å². The monoisotopic (exact) mass is 468 g/mol. The van der Waals surface area contributed by atoms with Crippen LogP contribution in [0.5, 0.6) is 0 Å². The van der Waals surface area contributed by atoms with Gasteiger partial charge in [-0.1, -0.05) is 15.9 Å². The Balaban J connectivity index is 2.09. The van der Waals surface area contributed by atoms with E-state index in [2.05, 4.69) is 26.2 Å². The first-order valence-corrected chi connectivity index (χ1v) is 11.2. The van der Waals surface area contributed by atoms with E-state index in [4.69, 9.17) is 0 Å². The van der Waals surface area contributed by atoms with Gasteiger partial charge in [-0.3, -0.25) is 4.21 Å². The van der Waals surface area contributed by atoms with E-state index in [1.54, 1.807) is 37.4 Å². The zero-order valence-electron chi connectivity index (χ0n) is 14.1. The summed E-state index contributed by atoms with van der Waals surface area (Å²) in [5.74, 6) is -0.697. The molecule has 3 aromatic rings. The van der Waals surface area contributed by atoms with Gasteiger partial charge in [0.25, 0.3) is 10.0 Å². The number of aromatic nitrogens is 1. The van der Waals surface area contributed by atoms with Gasteiger partial charge in [0.2, 0.25) is 0 Å². The molecule has 27 heavy (non-hydrogen) atoms. The SMILES string of the molecule is CNc1ccc(S(=O)(=O)N(CS(=O)[O-])c2ccc3cc(Br)ccc3n2)cc1. The zero-order chi connectivity index (χ0) is 19.6. The summed E-state index contributed by atoms with van der Waals surface area (Å²) in [5, 5.41) is 3.70. The number of halogens is 1. The van der Waals surface area contributed by atoms with Gasteiger partial charge in [0, 0.05) is 22.6 Å². The Morgan fingerprint density at radius 2 is 1.85 bits per heavy atom. The van der Waals surface area contributed by atoms with E-state index < -0.39 is 27.0 Å². The summed E-state index contributed by atoms with van der Waals surface area (Å²) < 4.78 is 50.4. The molecule has 2 aromatic carbocycles. The average molecular weight is 469 g/mol. The molecule has 1 N–H and O–H groups in total. The van der Waals surface area contributed by atoms with Crippen molar-refractivity contribution in [3.63, 3.8) is 0 Å². The van der Waals surface area contributed by atoms with Crippen molar-refractivity contribution in [3.8, 4) is 0 Å². The molecule has 10 heteroatoms. The van der Waals surface area contributed by atoms with E-state index in [-0.39, 0.29) is 10.7 Å². The number of anilines is 2. The lowest BCUT2D eigenvalue weighted by molar-refractivity contribution is 0.535. The van der Waals surface area contributed by atoms with E-state index in [9.17, 15) is 17.2 Å². The molecule has 0 saturated carbocycles. The van der Waals surface area contributed by atoms with Crippen LogP contribution in [0.25, 0.3) is 10.9 Å². The Morgan fingerprint density at radius 3 is 2.48 bits per heavy atom. The van der Waals surface area contributed by atoms with Gasteiger partial charge in [0.15, 0.2) is 0 Å². The molecule has 3 rings (SSSR count). The summed E-state index contributed by atoms with van der Waals surface area (Å²) in [4.78, 5) is 4.31. The second kappa shape index (κ2) is 7.93. The standard InChI is InChI=1S/C17H16BrN3O4S2/c1-19-14-4-6-15(7-5-14)27(24,25)21(11-26(22)23)17-9-2-12-10-13(18)3-8-16(12)20-17/h2-10,19H,11H2,1H3,(H,22,23)/p-1. The topological polar surface area (TPSA) is 102 Å². The van der Waals surface area contributed by atoms with Gasteiger partial charge in [0.1, 0.15) is 5.82 Å². The van der Waals surface area contributed by atoms with Crippen molar-refractivity contribution in [3.05, 3.63) is 59.1 Å². The number of nitrogens with one attached hydrogen (secondary N) is 1. The summed E-state index contributed by atoms with van der Waals surface area (Å²) >= 11 is 0.743. The Labute approximate surface area is 167 Å². The Bertz CT molecular complexity index is 1100. The first kappa shape index (κ1) is 19.7. The highest BCUT2D eigenvalue weighted by molar-refractivity contribution is 9.10. The minimum atomic E-state index is -4.11. The molecule has 142 valence electrons. The van der Waals surface area contributed by atoms with Gasteiger partial charge in [-0.05, 0) is 65.7 Å². The second-order valence-corrected chi connectivity index (χ2v) is 9.21. The van der Waals surface area contributed by atoms with E-state index in [0.29, 0.717) is 5.52 Å². The maximum Gasteiger partial charge on any atom is 0.266 e. The number of benzene rings is 2. The average Bonchev–Trinajstić information content (AvgIpc) is 2.65. The molecule has 1 atom stereocenters. The van der Waals surface area contributed by atoms with Crippen LogP contribution in [0.15, 0.2) is 64.0 Å². The molecule has 0 spiro atoms. The fourth-order valence-corrected chi connectivity index (χ4v) is 5.10. The molecule has 0 fully saturated rings. The van der Waals surface area contributed by atoms with Crippen LogP contribution in [0.1, 0.15) is 0 Å². The quantitative estimate of drug-likeness (QED) is 0.557. The van der Waals surface area contributed by atoms with Gasteiger partial charge >= 0.3 is 0 Å². The Morgan fingerprint density at radius 1 is 1.15 bits per heavy atom. The van der Waals surface area contributed by atoms with Gasteiger partial charge in [0.05, 0.1) is 16.3 Å². The second-order valence-electron chi connectivity index (χ2n) is 5.57. The van der Waals surface area contributed by atoms with Crippen LogP contribution in [0.3, 0.4) is 0 Å². The summed E-state index contributed by atoms with van der Waals surface area (Å²) in [7, 11) is -2.39. The third-order valence-corrected chi connectivity index (χ3v) is 6.74. The van der Waals surface area contributed by atoms with Crippen molar-refractivity contribution in [2.45, 2.75) is 4.90 Å². The Hall–Kier alpha value is -2.01. The first-order chi connectivity index (χ1) is 12.8. The molecule has 0 amide bonds. The van der Waals surface area contributed by atoms with E-state index in [1.165, 1.54) is 18.2 Å². The van der Waals surface area contributed by atoms with Gasteiger partial charge in [-0.15, -0.1) is 0 Å². The number of sulfonamides is 1. The van der Waals surface area contributed by atoms with Crippen molar-refractivity contribution in [1.29, 1.82) is 0 Å². The lowest BCUT2D eigenvalue weighted by Gasteiger charge is -2.24. The number of hydrogen-bond acceptors (Lipinski definition) is 6. The van der Waals surface area contributed by atoms with Crippen LogP contribution in [-0.4, -0.2) is 35.1 Å². The minimum Gasteiger partial charge on any atom is -0.771 e. The highest BCUT2D eigenvalue weighted by Crippen LogP contribution is 2.26. The smallest absolute Gasteiger partial charge is 0.266 e. The van der Waals surface area contributed by atoms with Gasteiger partial charge < -0.3 is 9.87 Å². The summed E-state index contributed by atoms with van der Waals surface area (Å²) in [6, 6.07) is 14.6. The summed E-state index contributed by atoms with van der Waals surface area (Å²) in [6.45, 7) is 0. The first-order valence-electron chi connectivity index (χ1n) is 7.74. The molecule has 0 aliphatic carbocycles. The van der Waals surface area contributed by atoms with Crippen LogP contribution in [0.4, 0.5) is 11.5 Å². The third kappa shape index (κ3) is 4.29. The van der Waals surface area contributed by atoms with Gasteiger partial charge in [-0.25, -0.2) is 17.7 Å². The number of rotatable bonds is 6. The lowest BCUT2D eigenvalue weighted by atomic mass is 10.2. The Kier molecular flexibility index (Phi) is 5.80. The molecule has 0 bridgehead atoms. The van der Waals surface area contributed by atoms with Crippen LogP contribution >= 0.6 is 15.9 Å².